The Hall–Kier alpha value is -1.03. The van der Waals surface area contributed by atoms with Crippen LogP contribution in [0.15, 0.2) is 36.4 Å². The average Bonchev–Trinajstić information content (AvgIpc) is 2.82. The summed E-state index contributed by atoms with van der Waals surface area (Å²) in [5.74, 6) is 1.01. The number of rotatable bonds is 3. The van der Waals surface area contributed by atoms with E-state index in [4.69, 9.17) is 16.3 Å². The van der Waals surface area contributed by atoms with E-state index in [1.165, 1.54) is 10.4 Å². The van der Waals surface area contributed by atoms with Gasteiger partial charge in [-0.3, -0.25) is 0 Å². The summed E-state index contributed by atoms with van der Waals surface area (Å²) in [4.78, 5) is 1.27. The molecule has 0 saturated carbocycles. The van der Waals surface area contributed by atoms with Crippen LogP contribution in [-0.4, -0.2) is 6.61 Å². The smallest absolute Gasteiger partial charge is 0.124 e. The highest BCUT2D eigenvalue weighted by atomic mass is 35.5. The quantitative estimate of drug-likeness (QED) is 0.916. The molecule has 0 amide bonds. The fourth-order valence-electron chi connectivity index (χ4n) is 2.22. The summed E-state index contributed by atoms with van der Waals surface area (Å²) in [5, 5.41) is 3.58. The van der Waals surface area contributed by atoms with Crippen molar-refractivity contribution in [2.24, 2.45) is 0 Å². The van der Waals surface area contributed by atoms with E-state index in [0.717, 1.165) is 29.7 Å². The SMILES string of the molecule is Clc1ccc(CNC2CCOc3ccccc32)s1. The van der Waals surface area contributed by atoms with Gasteiger partial charge in [0.05, 0.1) is 10.9 Å². The Morgan fingerprint density at radius 2 is 2.17 bits per heavy atom. The van der Waals surface area contributed by atoms with Crippen molar-refractivity contribution in [2.45, 2.75) is 19.0 Å². The number of benzene rings is 1. The topological polar surface area (TPSA) is 21.3 Å². The van der Waals surface area contributed by atoms with Gasteiger partial charge in [0.15, 0.2) is 0 Å². The lowest BCUT2D eigenvalue weighted by molar-refractivity contribution is 0.252. The van der Waals surface area contributed by atoms with Gasteiger partial charge >= 0.3 is 0 Å². The maximum absolute atomic E-state index is 5.93. The van der Waals surface area contributed by atoms with Gasteiger partial charge in [0.25, 0.3) is 0 Å². The van der Waals surface area contributed by atoms with E-state index in [2.05, 4.69) is 23.5 Å². The van der Waals surface area contributed by atoms with Gasteiger partial charge in [-0.25, -0.2) is 0 Å². The predicted molar refractivity (Wildman–Crippen MR) is 75.5 cm³/mol. The standard InChI is InChI=1S/C14H14ClNOS/c15-14-6-5-10(18-14)9-16-12-7-8-17-13-4-2-1-3-11(12)13/h1-6,12,16H,7-9H2. The van der Waals surface area contributed by atoms with Crippen molar-refractivity contribution in [3.63, 3.8) is 0 Å². The molecule has 0 saturated heterocycles. The van der Waals surface area contributed by atoms with Crippen LogP contribution in [0.5, 0.6) is 5.75 Å². The summed E-state index contributed by atoms with van der Waals surface area (Å²) < 4.78 is 6.50. The van der Waals surface area contributed by atoms with Crippen molar-refractivity contribution in [1.82, 2.24) is 5.32 Å². The van der Waals surface area contributed by atoms with E-state index in [-0.39, 0.29) is 0 Å². The van der Waals surface area contributed by atoms with Gasteiger partial charge < -0.3 is 10.1 Å². The zero-order valence-electron chi connectivity index (χ0n) is 9.86. The van der Waals surface area contributed by atoms with Crippen LogP contribution in [0.4, 0.5) is 0 Å². The fourth-order valence-corrected chi connectivity index (χ4v) is 3.26. The predicted octanol–water partition coefficient (Wildman–Crippen LogP) is 4.01. The minimum Gasteiger partial charge on any atom is -0.493 e. The average molecular weight is 280 g/mol. The molecule has 2 aromatic rings. The molecule has 1 aliphatic heterocycles. The molecule has 0 spiro atoms. The third-order valence-corrected chi connectivity index (χ3v) is 4.34. The molecule has 1 aliphatic rings. The second-order valence-electron chi connectivity index (χ2n) is 4.31. The summed E-state index contributed by atoms with van der Waals surface area (Å²) in [6, 6.07) is 12.6. The molecule has 2 heterocycles. The molecule has 18 heavy (non-hydrogen) atoms. The Balaban J connectivity index is 1.71. The van der Waals surface area contributed by atoms with Crippen LogP contribution in [0.2, 0.25) is 4.34 Å². The number of para-hydroxylation sites is 1. The molecule has 1 atom stereocenters. The van der Waals surface area contributed by atoms with Gasteiger partial charge in [0, 0.05) is 29.4 Å². The first kappa shape index (κ1) is 12.0. The number of thiophene rings is 1. The first-order valence-electron chi connectivity index (χ1n) is 6.02. The van der Waals surface area contributed by atoms with Crippen molar-refractivity contribution >= 4 is 22.9 Å². The summed E-state index contributed by atoms with van der Waals surface area (Å²) in [7, 11) is 0. The van der Waals surface area contributed by atoms with E-state index in [1.54, 1.807) is 11.3 Å². The third kappa shape index (κ3) is 2.53. The van der Waals surface area contributed by atoms with Crippen LogP contribution in [0.25, 0.3) is 0 Å². The Morgan fingerprint density at radius 1 is 1.28 bits per heavy atom. The normalized spacial score (nSPS) is 18.2. The number of halogens is 1. The first-order chi connectivity index (χ1) is 8.83. The Labute approximate surface area is 116 Å². The monoisotopic (exact) mass is 279 g/mol. The molecule has 2 nitrogen and oxygen atoms in total. The second-order valence-corrected chi connectivity index (χ2v) is 6.11. The van der Waals surface area contributed by atoms with Gasteiger partial charge in [-0.15, -0.1) is 11.3 Å². The minimum atomic E-state index is 0.371. The third-order valence-electron chi connectivity index (χ3n) is 3.11. The van der Waals surface area contributed by atoms with Crippen molar-refractivity contribution in [3.8, 4) is 5.75 Å². The largest absolute Gasteiger partial charge is 0.493 e. The summed E-state index contributed by atoms with van der Waals surface area (Å²) in [5.41, 5.74) is 1.26. The van der Waals surface area contributed by atoms with Gasteiger partial charge in [-0.1, -0.05) is 29.8 Å². The number of fused-ring (bicyclic) bond motifs is 1. The molecule has 0 fully saturated rings. The highest BCUT2D eigenvalue weighted by molar-refractivity contribution is 7.16. The molecule has 1 aromatic heterocycles. The molecular formula is C14H14ClNOS. The van der Waals surface area contributed by atoms with Crippen LogP contribution in [-0.2, 0) is 6.54 Å². The van der Waals surface area contributed by atoms with Crippen LogP contribution in [0.3, 0.4) is 0 Å². The fraction of sp³-hybridized carbons (Fsp3) is 0.286. The minimum absolute atomic E-state index is 0.371. The number of nitrogens with one attached hydrogen (secondary N) is 1. The highest BCUT2D eigenvalue weighted by Gasteiger charge is 2.20. The molecule has 4 heteroatoms. The van der Waals surface area contributed by atoms with Crippen molar-refractivity contribution < 1.29 is 4.74 Å². The second kappa shape index (κ2) is 5.31. The molecule has 0 bridgehead atoms. The number of hydrogen-bond acceptors (Lipinski definition) is 3. The molecule has 1 N–H and O–H groups in total. The Bertz CT molecular complexity index is 540. The molecule has 94 valence electrons. The molecule has 0 aliphatic carbocycles. The van der Waals surface area contributed by atoms with Crippen molar-refractivity contribution in [2.75, 3.05) is 6.61 Å². The summed E-state index contributed by atoms with van der Waals surface area (Å²) in [6.07, 6.45) is 1.01. The zero-order chi connectivity index (χ0) is 12.4. The van der Waals surface area contributed by atoms with E-state index >= 15 is 0 Å². The first-order valence-corrected chi connectivity index (χ1v) is 7.22. The lowest BCUT2D eigenvalue weighted by Crippen LogP contribution is -2.26. The van der Waals surface area contributed by atoms with Crippen molar-refractivity contribution in [3.05, 3.63) is 51.2 Å². The van der Waals surface area contributed by atoms with E-state index in [1.807, 2.05) is 18.2 Å². The Morgan fingerprint density at radius 3 is 3.00 bits per heavy atom. The lowest BCUT2D eigenvalue weighted by atomic mass is 10.0. The van der Waals surface area contributed by atoms with E-state index < -0.39 is 0 Å². The maximum Gasteiger partial charge on any atom is 0.124 e. The van der Waals surface area contributed by atoms with Crippen LogP contribution in [0, 0.1) is 0 Å². The van der Waals surface area contributed by atoms with Crippen LogP contribution >= 0.6 is 22.9 Å². The highest BCUT2D eigenvalue weighted by Crippen LogP contribution is 2.32. The lowest BCUT2D eigenvalue weighted by Gasteiger charge is -2.26. The number of ether oxygens (including phenoxy) is 1. The number of hydrogen-bond donors (Lipinski definition) is 1. The summed E-state index contributed by atoms with van der Waals surface area (Å²) in [6.45, 7) is 1.64. The Kier molecular flexibility index (Phi) is 3.55. The zero-order valence-corrected chi connectivity index (χ0v) is 11.4. The van der Waals surface area contributed by atoms with Gasteiger partial charge in [0.1, 0.15) is 5.75 Å². The molecule has 3 rings (SSSR count). The van der Waals surface area contributed by atoms with Gasteiger partial charge in [-0.05, 0) is 18.2 Å². The van der Waals surface area contributed by atoms with Gasteiger partial charge in [-0.2, -0.15) is 0 Å². The molecule has 1 aromatic carbocycles. The summed E-state index contributed by atoms with van der Waals surface area (Å²) >= 11 is 7.56. The molecule has 1 unspecified atom stereocenters. The molecule has 0 radical (unpaired) electrons. The van der Waals surface area contributed by atoms with Crippen LogP contribution < -0.4 is 10.1 Å². The van der Waals surface area contributed by atoms with Crippen molar-refractivity contribution in [1.29, 1.82) is 0 Å². The van der Waals surface area contributed by atoms with Gasteiger partial charge in [0.2, 0.25) is 0 Å². The van der Waals surface area contributed by atoms with E-state index in [0.29, 0.717) is 6.04 Å². The maximum atomic E-state index is 5.93. The van der Waals surface area contributed by atoms with E-state index in [9.17, 15) is 0 Å². The molecular weight excluding hydrogens is 266 g/mol. The van der Waals surface area contributed by atoms with Crippen LogP contribution in [0.1, 0.15) is 22.9 Å².